The molecule has 1 N–H and O–H groups in total. The van der Waals surface area contributed by atoms with Crippen molar-refractivity contribution in [2.24, 2.45) is 0 Å². The Balaban J connectivity index is 2.32. The van der Waals surface area contributed by atoms with Crippen molar-refractivity contribution in [1.82, 2.24) is 0 Å². The standard InChI is InChI=1S/C15H20FNO2/c1-11(19)13-7-2-8-14(16)15(13)17-9-3-5-12(17)6-4-10-18/h2,7-8,12,18H,3-6,9-10H2,1H3. The molecule has 0 bridgehead atoms. The van der Waals surface area contributed by atoms with Crippen LogP contribution in [0.5, 0.6) is 0 Å². The first-order valence-corrected chi connectivity index (χ1v) is 6.82. The number of aliphatic hydroxyl groups is 1. The number of rotatable bonds is 5. The van der Waals surface area contributed by atoms with Gasteiger partial charge in [0.2, 0.25) is 0 Å². The van der Waals surface area contributed by atoms with Crippen molar-refractivity contribution in [2.45, 2.75) is 38.6 Å². The number of hydrogen-bond donors (Lipinski definition) is 1. The van der Waals surface area contributed by atoms with Crippen LogP contribution in [0.25, 0.3) is 0 Å². The van der Waals surface area contributed by atoms with Crippen LogP contribution in [0, 0.1) is 5.82 Å². The third-order valence-electron chi connectivity index (χ3n) is 3.73. The molecular formula is C15H20FNO2. The predicted octanol–water partition coefficient (Wildman–Crippen LogP) is 2.77. The molecule has 0 aliphatic carbocycles. The lowest BCUT2D eigenvalue weighted by Crippen LogP contribution is -2.31. The number of Topliss-reactive ketones (excluding diaryl/α,β-unsaturated/α-hetero) is 1. The van der Waals surface area contributed by atoms with E-state index >= 15 is 0 Å². The zero-order valence-corrected chi connectivity index (χ0v) is 11.2. The fraction of sp³-hybridized carbons (Fsp3) is 0.533. The van der Waals surface area contributed by atoms with Gasteiger partial charge in [-0.25, -0.2) is 4.39 Å². The molecule has 1 fully saturated rings. The largest absolute Gasteiger partial charge is 0.396 e. The van der Waals surface area contributed by atoms with E-state index in [0.29, 0.717) is 17.7 Å². The molecule has 1 aliphatic rings. The average molecular weight is 265 g/mol. The monoisotopic (exact) mass is 265 g/mol. The van der Waals surface area contributed by atoms with Gasteiger partial charge in [0, 0.05) is 24.8 Å². The highest BCUT2D eigenvalue weighted by atomic mass is 19.1. The Morgan fingerprint density at radius 1 is 1.53 bits per heavy atom. The van der Waals surface area contributed by atoms with Crippen LogP contribution in [0.1, 0.15) is 43.0 Å². The molecule has 4 heteroatoms. The lowest BCUT2D eigenvalue weighted by Gasteiger charge is -2.28. The molecule has 0 spiro atoms. The maximum atomic E-state index is 14.1. The van der Waals surface area contributed by atoms with E-state index in [9.17, 15) is 9.18 Å². The molecule has 0 saturated carbocycles. The highest BCUT2D eigenvalue weighted by molar-refractivity contribution is 6.00. The number of nitrogens with zero attached hydrogens (tertiary/aromatic N) is 1. The first-order valence-electron chi connectivity index (χ1n) is 6.82. The van der Waals surface area contributed by atoms with Crippen molar-refractivity contribution in [3.8, 4) is 0 Å². The summed E-state index contributed by atoms with van der Waals surface area (Å²) in [6.07, 6.45) is 3.54. The number of benzene rings is 1. The van der Waals surface area contributed by atoms with Crippen LogP contribution < -0.4 is 4.90 Å². The predicted molar refractivity (Wildman–Crippen MR) is 73.1 cm³/mol. The summed E-state index contributed by atoms with van der Waals surface area (Å²) in [5, 5.41) is 8.93. The van der Waals surface area contributed by atoms with Gasteiger partial charge in [0.05, 0.1) is 5.69 Å². The van der Waals surface area contributed by atoms with Crippen LogP contribution >= 0.6 is 0 Å². The highest BCUT2D eigenvalue weighted by Gasteiger charge is 2.28. The van der Waals surface area contributed by atoms with Crippen LogP contribution in [0.3, 0.4) is 0 Å². The number of hydrogen-bond acceptors (Lipinski definition) is 3. The molecule has 0 amide bonds. The smallest absolute Gasteiger partial charge is 0.161 e. The summed E-state index contributed by atoms with van der Waals surface area (Å²) in [6.45, 7) is 2.40. The lowest BCUT2D eigenvalue weighted by molar-refractivity contribution is 0.101. The van der Waals surface area contributed by atoms with Gasteiger partial charge in [0.25, 0.3) is 0 Å². The zero-order chi connectivity index (χ0) is 13.8. The van der Waals surface area contributed by atoms with Crippen LogP contribution in [0.15, 0.2) is 18.2 Å². The number of carbonyl (C=O) groups is 1. The Morgan fingerprint density at radius 3 is 3.00 bits per heavy atom. The van der Waals surface area contributed by atoms with E-state index in [4.69, 9.17) is 5.11 Å². The Morgan fingerprint density at radius 2 is 2.32 bits per heavy atom. The molecule has 1 aromatic rings. The SMILES string of the molecule is CC(=O)c1cccc(F)c1N1CCCC1CCCO. The lowest BCUT2D eigenvalue weighted by atomic mass is 10.0. The van der Waals surface area contributed by atoms with Gasteiger partial charge in [-0.2, -0.15) is 0 Å². The van der Waals surface area contributed by atoms with Crippen molar-refractivity contribution in [1.29, 1.82) is 0 Å². The van der Waals surface area contributed by atoms with Gasteiger partial charge in [0.15, 0.2) is 5.78 Å². The van der Waals surface area contributed by atoms with E-state index in [1.807, 2.05) is 4.90 Å². The quantitative estimate of drug-likeness (QED) is 0.832. The van der Waals surface area contributed by atoms with Crippen molar-refractivity contribution in [3.05, 3.63) is 29.6 Å². The summed E-state index contributed by atoms with van der Waals surface area (Å²) in [7, 11) is 0. The van der Waals surface area contributed by atoms with E-state index in [1.54, 1.807) is 12.1 Å². The maximum Gasteiger partial charge on any atom is 0.161 e. The molecule has 2 rings (SSSR count). The van der Waals surface area contributed by atoms with Crippen LogP contribution in [0.2, 0.25) is 0 Å². The third-order valence-corrected chi connectivity index (χ3v) is 3.73. The second kappa shape index (κ2) is 6.15. The average Bonchev–Trinajstić information content (AvgIpc) is 2.83. The minimum atomic E-state index is -0.330. The molecule has 3 nitrogen and oxygen atoms in total. The minimum Gasteiger partial charge on any atom is -0.396 e. The molecule has 1 atom stereocenters. The fourth-order valence-electron chi connectivity index (χ4n) is 2.85. The second-order valence-electron chi connectivity index (χ2n) is 5.05. The first kappa shape index (κ1) is 14.0. The Bertz CT molecular complexity index is 461. The van der Waals surface area contributed by atoms with Gasteiger partial charge in [-0.15, -0.1) is 0 Å². The summed E-state index contributed by atoms with van der Waals surface area (Å²) in [6, 6.07) is 4.89. The van der Waals surface area contributed by atoms with Gasteiger partial charge >= 0.3 is 0 Å². The fourth-order valence-corrected chi connectivity index (χ4v) is 2.85. The van der Waals surface area contributed by atoms with Crippen molar-refractivity contribution >= 4 is 11.5 Å². The van der Waals surface area contributed by atoms with Gasteiger partial charge in [-0.05, 0) is 44.7 Å². The molecule has 0 radical (unpaired) electrons. The third kappa shape index (κ3) is 2.95. The minimum absolute atomic E-state index is 0.109. The second-order valence-corrected chi connectivity index (χ2v) is 5.05. The highest BCUT2D eigenvalue weighted by Crippen LogP contribution is 2.33. The number of carbonyl (C=O) groups excluding carboxylic acids is 1. The zero-order valence-electron chi connectivity index (χ0n) is 11.2. The van der Waals surface area contributed by atoms with Crippen molar-refractivity contribution in [3.63, 3.8) is 0 Å². The maximum absolute atomic E-state index is 14.1. The van der Waals surface area contributed by atoms with Gasteiger partial charge in [-0.3, -0.25) is 4.79 Å². The van der Waals surface area contributed by atoms with E-state index < -0.39 is 0 Å². The van der Waals surface area contributed by atoms with E-state index in [1.165, 1.54) is 13.0 Å². The van der Waals surface area contributed by atoms with Crippen LogP contribution in [-0.2, 0) is 0 Å². The molecule has 0 aromatic heterocycles. The normalized spacial score (nSPS) is 18.9. The molecular weight excluding hydrogens is 245 g/mol. The van der Waals surface area contributed by atoms with Gasteiger partial charge < -0.3 is 10.0 Å². The number of aliphatic hydroxyl groups excluding tert-OH is 1. The summed E-state index contributed by atoms with van der Waals surface area (Å²) >= 11 is 0. The summed E-state index contributed by atoms with van der Waals surface area (Å²) in [4.78, 5) is 13.7. The summed E-state index contributed by atoms with van der Waals surface area (Å²) in [5.41, 5.74) is 0.895. The molecule has 19 heavy (non-hydrogen) atoms. The summed E-state index contributed by atoms with van der Waals surface area (Å²) < 4.78 is 14.1. The Labute approximate surface area is 113 Å². The number of halogens is 1. The molecule has 1 aliphatic heterocycles. The topological polar surface area (TPSA) is 40.5 Å². The van der Waals surface area contributed by atoms with Gasteiger partial charge in [-0.1, -0.05) is 6.07 Å². The van der Waals surface area contributed by atoms with Crippen molar-refractivity contribution < 1.29 is 14.3 Å². The van der Waals surface area contributed by atoms with Crippen LogP contribution in [-0.4, -0.2) is 30.1 Å². The van der Waals surface area contributed by atoms with Gasteiger partial charge in [0.1, 0.15) is 5.82 Å². The van der Waals surface area contributed by atoms with E-state index in [0.717, 1.165) is 25.8 Å². The van der Waals surface area contributed by atoms with Crippen molar-refractivity contribution in [2.75, 3.05) is 18.1 Å². The summed E-state index contributed by atoms with van der Waals surface area (Å²) in [5.74, 6) is -0.439. The molecule has 104 valence electrons. The molecule has 1 heterocycles. The number of ketones is 1. The van der Waals surface area contributed by atoms with E-state index in [-0.39, 0.29) is 24.2 Å². The van der Waals surface area contributed by atoms with Crippen LogP contribution in [0.4, 0.5) is 10.1 Å². The number of anilines is 1. The first-order chi connectivity index (χ1) is 9.15. The van der Waals surface area contributed by atoms with E-state index in [2.05, 4.69) is 0 Å². The molecule has 1 saturated heterocycles. The number of para-hydroxylation sites is 1. The molecule has 1 unspecified atom stereocenters. The molecule has 1 aromatic carbocycles. The Kier molecular flexibility index (Phi) is 4.53. The Hall–Kier alpha value is -1.42.